The summed E-state index contributed by atoms with van der Waals surface area (Å²) >= 11 is 0. The highest BCUT2D eigenvalue weighted by atomic mass is 32.2. The molecule has 0 atom stereocenters. The molecule has 2 heterocycles. The molecule has 0 spiro atoms. The van der Waals surface area contributed by atoms with Crippen molar-refractivity contribution in [2.45, 2.75) is 0 Å². The first-order valence-corrected chi connectivity index (χ1v) is 8.26. The zero-order valence-corrected chi connectivity index (χ0v) is 13.1. The van der Waals surface area contributed by atoms with E-state index in [0.717, 1.165) is 0 Å². The van der Waals surface area contributed by atoms with Crippen molar-refractivity contribution < 1.29 is 8.42 Å². The van der Waals surface area contributed by atoms with Crippen LogP contribution in [0, 0.1) is 0 Å². The van der Waals surface area contributed by atoms with Crippen molar-refractivity contribution >= 4 is 27.9 Å². The van der Waals surface area contributed by atoms with Gasteiger partial charge in [0.25, 0.3) is 0 Å². The van der Waals surface area contributed by atoms with Crippen LogP contribution < -0.4 is 21.1 Å². The fourth-order valence-corrected chi connectivity index (χ4v) is 2.81. The van der Waals surface area contributed by atoms with Gasteiger partial charge in [0.05, 0.1) is 6.26 Å². The zero-order chi connectivity index (χ0) is 15.6. The van der Waals surface area contributed by atoms with Crippen molar-refractivity contribution in [1.29, 1.82) is 0 Å². The van der Waals surface area contributed by atoms with E-state index in [1.807, 2.05) is 19.0 Å². The summed E-state index contributed by atoms with van der Waals surface area (Å²) in [4.78, 5) is 16.4. The number of rotatable bonds is 4. The first kappa shape index (κ1) is 15.7. The van der Waals surface area contributed by atoms with Gasteiger partial charge in [-0.25, -0.2) is 14.3 Å². The van der Waals surface area contributed by atoms with Crippen LogP contribution in [0.25, 0.3) is 0 Å². The molecule has 1 aromatic heterocycles. The molecule has 0 bridgehead atoms. The van der Waals surface area contributed by atoms with Gasteiger partial charge in [0.1, 0.15) is 0 Å². The van der Waals surface area contributed by atoms with Crippen LogP contribution >= 0.6 is 0 Å². The summed E-state index contributed by atoms with van der Waals surface area (Å²) < 4.78 is 24.5. The third-order valence-electron chi connectivity index (χ3n) is 3.13. The molecule has 0 saturated carbocycles. The Morgan fingerprint density at radius 1 is 1.14 bits per heavy atom. The second-order valence-corrected chi connectivity index (χ2v) is 6.93. The van der Waals surface area contributed by atoms with Gasteiger partial charge in [0, 0.05) is 40.3 Å². The summed E-state index contributed by atoms with van der Waals surface area (Å²) in [5, 5.41) is 0. The number of nitrogens with zero attached hydrogens (tertiary/aromatic N) is 6. The van der Waals surface area contributed by atoms with Crippen molar-refractivity contribution in [3.05, 3.63) is 0 Å². The van der Waals surface area contributed by atoms with E-state index in [0.29, 0.717) is 38.1 Å². The molecule has 2 rings (SSSR count). The number of anilines is 3. The topological polar surface area (TPSA) is 121 Å². The Morgan fingerprint density at radius 2 is 1.76 bits per heavy atom. The van der Waals surface area contributed by atoms with Gasteiger partial charge >= 0.3 is 0 Å². The second-order valence-electron chi connectivity index (χ2n) is 4.95. The average molecular weight is 316 g/mol. The number of hydrogen-bond donors (Lipinski definition) is 2. The average Bonchev–Trinajstić information content (AvgIpc) is 2.46. The van der Waals surface area contributed by atoms with Crippen LogP contribution in [0.4, 0.5) is 17.8 Å². The maximum absolute atomic E-state index is 11.5. The monoisotopic (exact) mass is 316 g/mol. The van der Waals surface area contributed by atoms with Gasteiger partial charge in [-0.2, -0.15) is 19.3 Å². The van der Waals surface area contributed by atoms with Crippen LogP contribution in [0.5, 0.6) is 0 Å². The lowest BCUT2D eigenvalue weighted by molar-refractivity contribution is 0.385. The van der Waals surface area contributed by atoms with Crippen LogP contribution in [-0.2, 0) is 10.0 Å². The Kier molecular flexibility index (Phi) is 4.44. The molecule has 1 aliphatic rings. The summed E-state index contributed by atoms with van der Waals surface area (Å²) in [6.07, 6.45) is 1.21. The van der Waals surface area contributed by atoms with Crippen molar-refractivity contribution in [3.8, 4) is 0 Å². The quantitative estimate of drug-likeness (QED) is 0.495. The lowest BCUT2D eigenvalue weighted by Crippen LogP contribution is -2.49. The van der Waals surface area contributed by atoms with Crippen LogP contribution in [0.2, 0.25) is 0 Å². The number of nitrogen functional groups attached to an aromatic ring is 1. The van der Waals surface area contributed by atoms with E-state index in [-0.39, 0.29) is 5.95 Å². The Hall–Kier alpha value is -1.72. The molecule has 1 saturated heterocycles. The Balaban J connectivity index is 2.18. The van der Waals surface area contributed by atoms with Crippen molar-refractivity contribution in [2.24, 2.45) is 5.84 Å². The summed E-state index contributed by atoms with van der Waals surface area (Å²) in [6.45, 7) is 1.86. The van der Waals surface area contributed by atoms with E-state index < -0.39 is 10.0 Å². The fraction of sp³-hybridized carbons (Fsp3) is 0.700. The molecule has 0 aliphatic carbocycles. The van der Waals surface area contributed by atoms with Crippen LogP contribution in [-0.4, -0.2) is 74.2 Å². The number of sulfonamides is 1. The largest absolute Gasteiger partial charge is 0.347 e. The SMILES string of the molecule is CN(C)c1nc(NN)nc(N2CCN(S(C)(=O)=O)CC2)n1. The Labute approximate surface area is 124 Å². The molecule has 0 amide bonds. The lowest BCUT2D eigenvalue weighted by atomic mass is 10.4. The van der Waals surface area contributed by atoms with Gasteiger partial charge in [-0.15, -0.1) is 0 Å². The molecule has 0 aromatic carbocycles. The molecule has 21 heavy (non-hydrogen) atoms. The van der Waals surface area contributed by atoms with E-state index in [9.17, 15) is 8.42 Å². The minimum Gasteiger partial charge on any atom is -0.347 e. The highest BCUT2D eigenvalue weighted by Gasteiger charge is 2.25. The van der Waals surface area contributed by atoms with E-state index in [4.69, 9.17) is 5.84 Å². The summed E-state index contributed by atoms with van der Waals surface area (Å²) in [6, 6.07) is 0. The predicted molar refractivity (Wildman–Crippen MR) is 80.6 cm³/mol. The van der Waals surface area contributed by atoms with Gasteiger partial charge in [0.15, 0.2) is 0 Å². The smallest absolute Gasteiger partial charge is 0.243 e. The standard InChI is InChI=1S/C10H20N8O2S/c1-16(2)9-12-8(15-11)13-10(14-9)17-4-6-18(7-5-17)21(3,19)20/h4-7,11H2,1-3H3,(H,12,13,14,15). The van der Waals surface area contributed by atoms with Gasteiger partial charge in [-0.1, -0.05) is 0 Å². The van der Waals surface area contributed by atoms with Gasteiger partial charge in [-0.05, 0) is 0 Å². The predicted octanol–water partition coefficient (Wildman–Crippen LogP) is -1.70. The van der Waals surface area contributed by atoms with Gasteiger partial charge in [-0.3, -0.25) is 5.43 Å². The van der Waals surface area contributed by atoms with Crippen molar-refractivity contribution in [3.63, 3.8) is 0 Å². The summed E-state index contributed by atoms with van der Waals surface area (Å²) in [5.41, 5.74) is 2.41. The summed E-state index contributed by atoms with van der Waals surface area (Å²) in [7, 11) is 0.488. The highest BCUT2D eigenvalue weighted by Crippen LogP contribution is 2.17. The first-order valence-electron chi connectivity index (χ1n) is 6.41. The minimum atomic E-state index is -3.15. The summed E-state index contributed by atoms with van der Waals surface area (Å²) in [5.74, 6) is 6.61. The first-order chi connectivity index (χ1) is 9.81. The molecular weight excluding hydrogens is 296 g/mol. The number of nitrogens with one attached hydrogen (secondary N) is 1. The Morgan fingerprint density at radius 3 is 2.24 bits per heavy atom. The van der Waals surface area contributed by atoms with Crippen LogP contribution in [0.1, 0.15) is 0 Å². The number of hydrazine groups is 1. The molecule has 1 aromatic rings. The van der Waals surface area contributed by atoms with E-state index in [2.05, 4.69) is 20.4 Å². The van der Waals surface area contributed by atoms with Gasteiger partial charge < -0.3 is 9.80 Å². The van der Waals surface area contributed by atoms with Crippen molar-refractivity contribution in [1.82, 2.24) is 19.3 Å². The fourth-order valence-electron chi connectivity index (χ4n) is 1.98. The molecule has 1 fully saturated rings. The lowest BCUT2D eigenvalue weighted by Gasteiger charge is -2.33. The highest BCUT2D eigenvalue weighted by molar-refractivity contribution is 7.88. The molecule has 0 unspecified atom stereocenters. The van der Waals surface area contributed by atoms with E-state index in [1.165, 1.54) is 10.6 Å². The molecule has 11 heteroatoms. The van der Waals surface area contributed by atoms with E-state index >= 15 is 0 Å². The molecule has 10 nitrogen and oxygen atoms in total. The minimum absolute atomic E-state index is 0.272. The third-order valence-corrected chi connectivity index (χ3v) is 4.43. The third kappa shape index (κ3) is 3.68. The number of nitrogens with two attached hydrogens (primary N) is 1. The van der Waals surface area contributed by atoms with Crippen molar-refractivity contribution in [2.75, 3.05) is 61.8 Å². The second kappa shape index (κ2) is 5.95. The maximum Gasteiger partial charge on any atom is 0.243 e. The molecular formula is C10H20N8O2S. The molecule has 0 radical (unpaired) electrons. The number of aromatic nitrogens is 3. The van der Waals surface area contributed by atoms with Crippen LogP contribution in [0.3, 0.4) is 0 Å². The molecule has 118 valence electrons. The number of piperazine rings is 1. The molecule has 1 aliphatic heterocycles. The van der Waals surface area contributed by atoms with E-state index in [1.54, 1.807) is 4.90 Å². The van der Waals surface area contributed by atoms with Crippen LogP contribution in [0.15, 0.2) is 0 Å². The molecule has 3 N–H and O–H groups in total. The van der Waals surface area contributed by atoms with Gasteiger partial charge in [0.2, 0.25) is 27.9 Å². The normalized spacial score (nSPS) is 16.9. The maximum atomic E-state index is 11.5. The zero-order valence-electron chi connectivity index (χ0n) is 12.3. The number of hydrogen-bond acceptors (Lipinski definition) is 9. The Bertz CT molecular complexity index is 597.